The van der Waals surface area contributed by atoms with Gasteiger partial charge in [-0.05, 0) is 54.7 Å². The van der Waals surface area contributed by atoms with Gasteiger partial charge >= 0.3 is 0 Å². The van der Waals surface area contributed by atoms with Crippen molar-refractivity contribution in [3.63, 3.8) is 0 Å². The zero-order chi connectivity index (χ0) is 17.8. The highest BCUT2D eigenvalue weighted by Gasteiger charge is 2.22. The molecule has 130 valence electrons. The van der Waals surface area contributed by atoms with Crippen molar-refractivity contribution in [2.45, 2.75) is 32.6 Å². The number of benzene rings is 2. The van der Waals surface area contributed by atoms with Gasteiger partial charge in [0.05, 0.1) is 0 Å². The molecule has 3 rings (SSSR count). The van der Waals surface area contributed by atoms with Crippen molar-refractivity contribution in [3.8, 4) is 0 Å². The van der Waals surface area contributed by atoms with E-state index >= 15 is 0 Å². The molecule has 0 aliphatic carbocycles. The maximum absolute atomic E-state index is 12.2. The molecule has 1 N–H and O–H groups in total. The lowest BCUT2D eigenvalue weighted by molar-refractivity contribution is -0.117. The maximum Gasteiger partial charge on any atom is 0.224 e. The van der Waals surface area contributed by atoms with Crippen LogP contribution in [0.25, 0.3) is 0 Å². The third kappa shape index (κ3) is 4.40. The lowest BCUT2D eigenvalue weighted by Gasteiger charge is -2.15. The van der Waals surface area contributed by atoms with Crippen molar-refractivity contribution in [1.82, 2.24) is 0 Å². The summed E-state index contributed by atoms with van der Waals surface area (Å²) >= 11 is 5.97. The Labute approximate surface area is 152 Å². The van der Waals surface area contributed by atoms with Crippen molar-refractivity contribution in [2.24, 2.45) is 0 Å². The molecule has 1 aliphatic heterocycles. The van der Waals surface area contributed by atoms with E-state index in [4.69, 9.17) is 11.6 Å². The van der Waals surface area contributed by atoms with Crippen molar-refractivity contribution in [3.05, 3.63) is 58.6 Å². The quantitative estimate of drug-likeness (QED) is 0.872. The van der Waals surface area contributed by atoms with E-state index in [1.807, 2.05) is 42.5 Å². The molecule has 0 radical (unpaired) electrons. The molecule has 0 atom stereocenters. The Balaban J connectivity index is 1.55. The van der Waals surface area contributed by atoms with Gasteiger partial charge in [0.2, 0.25) is 11.8 Å². The first-order valence-corrected chi connectivity index (χ1v) is 8.86. The van der Waals surface area contributed by atoms with E-state index in [0.717, 1.165) is 46.8 Å². The van der Waals surface area contributed by atoms with Crippen LogP contribution in [0, 0.1) is 0 Å². The predicted molar refractivity (Wildman–Crippen MR) is 101 cm³/mol. The van der Waals surface area contributed by atoms with Gasteiger partial charge in [-0.2, -0.15) is 0 Å². The highest BCUT2D eigenvalue weighted by Crippen LogP contribution is 2.31. The molecular formula is C20H21ClN2O2. The predicted octanol–water partition coefficient (Wildman–Crippen LogP) is 4.21. The van der Waals surface area contributed by atoms with Gasteiger partial charge in [0, 0.05) is 36.3 Å². The number of nitrogens with zero attached hydrogens (tertiary/aromatic N) is 1. The Morgan fingerprint density at radius 2 is 2.04 bits per heavy atom. The van der Waals surface area contributed by atoms with Gasteiger partial charge in [0.1, 0.15) is 0 Å². The van der Waals surface area contributed by atoms with Gasteiger partial charge in [-0.15, -0.1) is 0 Å². The fourth-order valence-electron chi connectivity index (χ4n) is 3.15. The van der Waals surface area contributed by atoms with Crippen LogP contribution in [0.5, 0.6) is 0 Å². The molecule has 2 aromatic carbocycles. The van der Waals surface area contributed by atoms with E-state index in [1.165, 1.54) is 0 Å². The van der Waals surface area contributed by atoms with E-state index < -0.39 is 0 Å². The van der Waals surface area contributed by atoms with Crippen LogP contribution in [-0.2, 0) is 22.4 Å². The number of amides is 2. The second-order valence-corrected chi connectivity index (χ2v) is 6.73. The fraction of sp³-hybridized carbons (Fsp3) is 0.300. The van der Waals surface area contributed by atoms with Crippen molar-refractivity contribution in [1.29, 1.82) is 0 Å². The topological polar surface area (TPSA) is 49.4 Å². The van der Waals surface area contributed by atoms with Crippen LogP contribution >= 0.6 is 11.6 Å². The number of hydrogen-bond acceptors (Lipinski definition) is 2. The molecule has 0 unspecified atom stereocenters. The number of aryl methyl sites for hydroxylation is 1. The summed E-state index contributed by atoms with van der Waals surface area (Å²) in [5, 5.41) is 3.64. The summed E-state index contributed by atoms with van der Waals surface area (Å²) in [5.74, 6) is 0.0121. The molecule has 2 amide bonds. The minimum atomic E-state index is -0.0191. The van der Waals surface area contributed by atoms with Gasteiger partial charge in [-0.25, -0.2) is 0 Å². The Morgan fingerprint density at radius 3 is 2.80 bits per heavy atom. The molecule has 5 heteroatoms. The van der Waals surface area contributed by atoms with Gasteiger partial charge in [-0.3, -0.25) is 9.59 Å². The maximum atomic E-state index is 12.2. The summed E-state index contributed by atoms with van der Waals surface area (Å²) in [6, 6.07) is 13.5. The summed E-state index contributed by atoms with van der Waals surface area (Å²) in [7, 11) is 0. The fourth-order valence-corrected chi connectivity index (χ4v) is 3.37. The standard InChI is InChI=1S/C20H21ClN2O2/c1-14(24)23-11-10-16-8-9-18(13-19(16)23)22-20(25)7-3-5-15-4-2-6-17(21)12-15/h2,4,6,8-9,12-13H,3,5,7,10-11H2,1H3,(H,22,25). The minimum Gasteiger partial charge on any atom is -0.326 e. The van der Waals surface area contributed by atoms with Crippen molar-refractivity contribution in [2.75, 3.05) is 16.8 Å². The molecule has 0 bridgehead atoms. The third-order valence-corrected chi connectivity index (χ3v) is 4.64. The zero-order valence-corrected chi connectivity index (χ0v) is 15.0. The smallest absolute Gasteiger partial charge is 0.224 e. The summed E-state index contributed by atoms with van der Waals surface area (Å²) in [4.78, 5) is 25.6. The average Bonchev–Trinajstić information content (AvgIpc) is 2.98. The minimum absolute atomic E-state index is 0.0191. The van der Waals surface area contributed by atoms with Crippen LogP contribution < -0.4 is 10.2 Å². The highest BCUT2D eigenvalue weighted by molar-refractivity contribution is 6.30. The Kier molecular flexibility index (Phi) is 5.39. The van der Waals surface area contributed by atoms with Gasteiger partial charge < -0.3 is 10.2 Å². The molecule has 1 heterocycles. The van der Waals surface area contributed by atoms with Crippen LogP contribution in [0.15, 0.2) is 42.5 Å². The number of halogens is 1. The number of anilines is 2. The molecule has 0 spiro atoms. The summed E-state index contributed by atoms with van der Waals surface area (Å²) < 4.78 is 0. The van der Waals surface area contributed by atoms with Crippen LogP contribution in [0.2, 0.25) is 5.02 Å². The molecule has 25 heavy (non-hydrogen) atoms. The van der Waals surface area contributed by atoms with Crippen LogP contribution in [0.3, 0.4) is 0 Å². The number of fused-ring (bicyclic) bond motifs is 1. The second-order valence-electron chi connectivity index (χ2n) is 6.30. The molecule has 4 nitrogen and oxygen atoms in total. The molecular weight excluding hydrogens is 336 g/mol. The van der Waals surface area contributed by atoms with E-state index in [1.54, 1.807) is 11.8 Å². The van der Waals surface area contributed by atoms with Crippen LogP contribution in [0.1, 0.15) is 30.9 Å². The number of nitrogens with one attached hydrogen (secondary N) is 1. The highest BCUT2D eigenvalue weighted by atomic mass is 35.5. The monoisotopic (exact) mass is 356 g/mol. The molecule has 0 aromatic heterocycles. The largest absolute Gasteiger partial charge is 0.326 e. The zero-order valence-electron chi connectivity index (χ0n) is 14.2. The molecule has 0 saturated carbocycles. The summed E-state index contributed by atoms with van der Waals surface area (Å²) in [6.07, 6.45) is 2.88. The number of hydrogen-bond donors (Lipinski definition) is 1. The molecule has 0 saturated heterocycles. The molecule has 0 fully saturated rings. The van der Waals surface area contributed by atoms with E-state index in [-0.39, 0.29) is 11.8 Å². The van der Waals surface area contributed by atoms with E-state index in [9.17, 15) is 9.59 Å². The number of carbonyl (C=O) groups is 2. The normalized spacial score (nSPS) is 12.8. The Hall–Kier alpha value is -2.33. The Bertz CT molecular complexity index is 804. The van der Waals surface area contributed by atoms with E-state index in [2.05, 4.69) is 5.32 Å². The van der Waals surface area contributed by atoms with Gasteiger partial charge in [-0.1, -0.05) is 29.8 Å². The first kappa shape index (κ1) is 17.5. The SMILES string of the molecule is CC(=O)N1CCc2ccc(NC(=O)CCCc3cccc(Cl)c3)cc21. The lowest BCUT2D eigenvalue weighted by atomic mass is 10.1. The average molecular weight is 357 g/mol. The first-order valence-electron chi connectivity index (χ1n) is 8.48. The number of carbonyl (C=O) groups excluding carboxylic acids is 2. The first-order chi connectivity index (χ1) is 12.0. The van der Waals surface area contributed by atoms with Crippen LogP contribution in [0.4, 0.5) is 11.4 Å². The Morgan fingerprint density at radius 1 is 1.20 bits per heavy atom. The second kappa shape index (κ2) is 7.70. The van der Waals surface area contributed by atoms with Gasteiger partial charge in [0.15, 0.2) is 0 Å². The van der Waals surface area contributed by atoms with Crippen LogP contribution in [-0.4, -0.2) is 18.4 Å². The van der Waals surface area contributed by atoms with Crippen molar-refractivity contribution >= 4 is 34.8 Å². The lowest BCUT2D eigenvalue weighted by Crippen LogP contribution is -2.25. The van der Waals surface area contributed by atoms with Gasteiger partial charge in [0.25, 0.3) is 0 Å². The summed E-state index contributed by atoms with van der Waals surface area (Å²) in [5.41, 5.74) is 3.92. The summed E-state index contributed by atoms with van der Waals surface area (Å²) in [6.45, 7) is 2.28. The molecule has 2 aromatic rings. The van der Waals surface area contributed by atoms with Crippen molar-refractivity contribution < 1.29 is 9.59 Å². The number of rotatable bonds is 5. The third-order valence-electron chi connectivity index (χ3n) is 4.40. The van der Waals surface area contributed by atoms with E-state index in [0.29, 0.717) is 13.0 Å². The molecule has 1 aliphatic rings.